The van der Waals surface area contributed by atoms with Crippen molar-refractivity contribution in [2.45, 2.75) is 13.3 Å². The monoisotopic (exact) mass is 412 g/mol. The molecule has 2 amide bonds. The molecule has 0 spiro atoms. The zero-order valence-corrected chi connectivity index (χ0v) is 17.2. The van der Waals surface area contributed by atoms with Crippen molar-refractivity contribution in [1.29, 1.82) is 0 Å². The van der Waals surface area contributed by atoms with Crippen LogP contribution in [0, 0.1) is 0 Å². The van der Waals surface area contributed by atoms with Gasteiger partial charge in [0.15, 0.2) is 0 Å². The van der Waals surface area contributed by atoms with E-state index in [0.29, 0.717) is 56.2 Å². The fourth-order valence-electron chi connectivity index (χ4n) is 3.39. The third kappa shape index (κ3) is 5.58. The number of ether oxygens (including phenoxy) is 2. The first-order chi connectivity index (χ1) is 14.6. The Labute approximate surface area is 176 Å². The molecule has 30 heavy (non-hydrogen) atoms. The molecule has 160 valence electrons. The van der Waals surface area contributed by atoms with Crippen molar-refractivity contribution in [3.05, 3.63) is 64.7 Å². The first-order valence-corrected chi connectivity index (χ1v) is 10.2. The van der Waals surface area contributed by atoms with Crippen LogP contribution < -0.4 is 10.1 Å². The molecule has 1 aliphatic heterocycles. The molecule has 0 radical (unpaired) electrons. The molecule has 0 saturated carbocycles. The number of fused-ring (bicyclic) bond motifs is 3. The summed E-state index contributed by atoms with van der Waals surface area (Å²) in [5.41, 5.74) is 2.93. The number of rotatable bonds is 4. The smallest absolute Gasteiger partial charge is 0.253 e. The largest absolute Gasteiger partial charge is 0.491 e. The maximum absolute atomic E-state index is 12.8. The van der Waals surface area contributed by atoms with Crippen molar-refractivity contribution in [3.8, 4) is 5.75 Å². The number of likely N-dealkylation sites (N-methyl/N-ethyl adjacent to an activating group) is 1. The highest BCUT2D eigenvalue weighted by Gasteiger charge is 2.17. The van der Waals surface area contributed by atoms with Gasteiger partial charge in [-0.05, 0) is 48.4 Å². The lowest BCUT2D eigenvalue weighted by atomic mass is 9.99. The van der Waals surface area contributed by atoms with E-state index in [2.05, 4.69) is 5.32 Å². The molecular weight excluding hydrogens is 384 g/mol. The Hall–Kier alpha value is -2.90. The molecule has 2 aromatic rings. The maximum Gasteiger partial charge on any atom is 0.253 e. The number of hydrogen-bond acceptors (Lipinski definition) is 5. The van der Waals surface area contributed by atoms with Crippen LogP contribution in [0.5, 0.6) is 5.75 Å². The Bertz CT molecular complexity index is 884. The normalized spacial score (nSPS) is 14.7. The van der Waals surface area contributed by atoms with Crippen LogP contribution in [0.15, 0.2) is 42.5 Å². The highest BCUT2D eigenvalue weighted by molar-refractivity contribution is 5.95. The zero-order chi connectivity index (χ0) is 21.3. The molecule has 2 aromatic carbocycles. The lowest BCUT2D eigenvalue weighted by Gasteiger charge is -2.21. The SMILES string of the molecule is CCN(CCO)C(=O)c1ccc2c(c1)Cc1cccc(c1)C(=O)NCCOCCO2. The molecule has 0 saturated heterocycles. The number of amides is 2. The number of carbonyl (C=O) groups is 2. The average molecular weight is 412 g/mol. The highest BCUT2D eigenvalue weighted by atomic mass is 16.5. The Kier molecular flexibility index (Phi) is 7.82. The van der Waals surface area contributed by atoms with Crippen LogP contribution in [-0.2, 0) is 11.2 Å². The fourth-order valence-corrected chi connectivity index (χ4v) is 3.39. The Morgan fingerprint density at radius 2 is 2.03 bits per heavy atom. The van der Waals surface area contributed by atoms with Crippen LogP contribution in [-0.4, -0.2) is 67.9 Å². The van der Waals surface area contributed by atoms with Crippen molar-refractivity contribution < 1.29 is 24.2 Å². The summed E-state index contributed by atoms with van der Waals surface area (Å²) in [4.78, 5) is 26.8. The van der Waals surface area contributed by atoms with E-state index in [9.17, 15) is 14.7 Å². The molecule has 2 bridgehead atoms. The van der Waals surface area contributed by atoms with Gasteiger partial charge in [0.05, 0.1) is 19.8 Å². The summed E-state index contributed by atoms with van der Waals surface area (Å²) in [6, 6.07) is 12.8. The lowest BCUT2D eigenvalue weighted by molar-refractivity contribution is 0.0731. The minimum atomic E-state index is -0.138. The molecule has 0 atom stereocenters. The number of nitrogens with one attached hydrogen (secondary N) is 1. The second-order valence-electron chi connectivity index (χ2n) is 7.02. The molecule has 2 N–H and O–H groups in total. The molecule has 7 heteroatoms. The van der Waals surface area contributed by atoms with Crippen LogP contribution in [0.25, 0.3) is 0 Å². The first-order valence-electron chi connectivity index (χ1n) is 10.2. The number of hydrogen-bond donors (Lipinski definition) is 2. The standard InChI is InChI=1S/C23H28N2O5/c1-2-25(9-10-26)23(28)19-6-7-21-20(16-19)15-17-4-3-5-18(14-17)22(27)24-8-11-29-12-13-30-21/h3-7,14,16,26H,2,8-13,15H2,1H3,(H,24,27). The topological polar surface area (TPSA) is 88.1 Å². The Balaban J connectivity index is 1.94. The summed E-state index contributed by atoms with van der Waals surface area (Å²) in [7, 11) is 0. The van der Waals surface area contributed by atoms with Crippen LogP contribution in [0.2, 0.25) is 0 Å². The van der Waals surface area contributed by atoms with Crippen LogP contribution in [0.1, 0.15) is 38.8 Å². The Morgan fingerprint density at radius 3 is 2.83 bits per heavy atom. The maximum atomic E-state index is 12.8. The van der Waals surface area contributed by atoms with Gasteiger partial charge in [0.25, 0.3) is 11.8 Å². The Morgan fingerprint density at radius 1 is 1.17 bits per heavy atom. The van der Waals surface area contributed by atoms with Crippen LogP contribution >= 0.6 is 0 Å². The van der Waals surface area contributed by atoms with Gasteiger partial charge in [0.1, 0.15) is 12.4 Å². The van der Waals surface area contributed by atoms with E-state index in [1.807, 2.05) is 31.2 Å². The van der Waals surface area contributed by atoms with Gasteiger partial charge in [-0.15, -0.1) is 0 Å². The average Bonchev–Trinajstić information content (AvgIpc) is 2.76. The van der Waals surface area contributed by atoms with E-state index >= 15 is 0 Å². The van der Waals surface area contributed by atoms with Crippen molar-refractivity contribution in [1.82, 2.24) is 10.2 Å². The summed E-state index contributed by atoms with van der Waals surface area (Å²) in [6.07, 6.45) is 0.518. The second-order valence-corrected chi connectivity index (χ2v) is 7.02. The minimum Gasteiger partial charge on any atom is -0.491 e. The van der Waals surface area contributed by atoms with E-state index in [-0.39, 0.29) is 25.0 Å². The molecule has 3 rings (SSSR count). The fraction of sp³-hybridized carbons (Fsp3) is 0.391. The third-order valence-electron chi connectivity index (χ3n) is 4.95. The molecule has 0 aliphatic carbocycles. The number of nitrogens with zero attached hydrogens (tertiary/aromatic N) is 1. The van der Waals surface area contributed by atoms with Gasteiger partial charge in [-0.2, -0.15) is 0 Å². The molecular formula is C23H28N2O5. The highest BCUT2D eigenvalue weighted by Crippen LogP contribution is 2.25. The quantitative estimate of drug-likeness (QED) is 0.801. The van der Waals surface area contributed by atoms with Gasteiger partial charge in [0.2, 0.25) is 0 Å². The van der Waals surface area contributed by atoms with Gasteiger partial charge >= 0.3 is 0 Å². The summed E-state index contributed by atoms with van der Waals surface area (Å²) in [6.45, 7) is 4.23. The van der Waals surface area contributed by atoms with Gasteiger partial charge in [-0.3, -0.25) is 9.59 Å². The van der Waals surface area contributed by atoms with Gasteiger partial charge < -0.3 is 24.8 Å². The van der Waals surface area contributed by atoms with Crippen molar-refractivity contribution >= 4 is 11.8 Å². The summed E-state index contributed by atoms with van der Waals surface area (Å²) in [5, 5.41) is 12.1. The molecule has 0 fully saturated rings. The third-order valence-corrected chi connectivity index (χ3v) is 4.95. The van der Waals surface area contributed by atoms with Crippen LogP contribution in [0.3, 0.4) is 0 Å². The lowest BCUT2D eigenvalue weighted by Crippen LogP contribution is -2.33. The molecule has 0 aromatic heterocycles. The minimum absolute atomic E-state index is 0.0809. The molecule has 0 unspecified atom stereocenters. The van der Waals surface area contributed by atoms with E-state index < -0.39 is 0 Å². The van der Waals surface area contributed by atoms with Gasteiger partial charge in [0, 0.05) is 37.2 Å². The van der Waals surface area contributed by atoms with Crippen molar-refractivity contribution in [3.63, 3.8) is 0 Å². The van der Waals surface area contributed by atoms with Crippen LogP contribution in [0.4, 0.5) is 0 Å². The van der Waals surface area contributed by atoms with Crippen molar-refractivity contribution in [2.24, 2.45) is 0 Å². The van der Waals surface area contributed by atoms with E-state index in [1.54, 1.807) is 23.1 Å². The predicted octanol–water partition coefficient (Wildman–Crippen LogP) is 1.87. The van der Waals surface area contributed by atoms with Gasteiger partial charge in [-0.25, -0.2) is 0 Å². The van der Waals surface area contributed by atoms with Gasteiger partial charge in [-0.1, -0.05) is 12.1 Å². The number of aliphatic hydroxyl groups excluding tert-OH is 1. The summed E-state index contributed by atoms with van der Waals surface area (Å²) in [5.74, 6) is 0.415. The zero-order valence-electron chi connectivity index (χ0n) is 17.2. The molecule has 7 nitrogen and oxygen atoms in total. The van der Waals surface area contributed by atoms with E-state index in [1.165, 1.54) is 0 Å². The molecule has 1 aliphatic rings. The van der Waals surface area contributed by atoms with Crippen molar-refractivity contribution in [2.75, 3.05) is 46.1 Å². The van der Waals surface area contributed by atoms with E-state index in [4.69, 9.17) is 9.47 Å². The first kappa shape index (κ1) is 21.8. The molecule has 1 heterocycles. The number of benzene rings is 2. The van der Waals surface area contributed by atoms with E-state index in [0.717, 1.165) is 11.1 Å². The predicted molar refractivity (Wildman–Crippen MR) is 113 cm³/mol. The summed E-state index contributed by atoms with van der Waals surface area (Å²) < 4.78 is 11.4. The summed E-state index contributed by atoms with van der Waals surface area (Å²) >= 11 is 0. The second kappa shape index (κ2) is 10.8. The number of carbonyl (C=O) groups excluding carboxylic acids is 2. The number of aliphatic hydroxyl groups is 1.